The van der Waals surface area contributed by atoms with Gasteiger partial charge in [0.2, 0.25) is 0 Å². The zero-order valence-electron chi connectivity index (χ0n) is 19.3. The van der Waals surface area contributed by atoms with Gasteiger partial charge >= 0.3 is 0 Å². The molecule has 2 rings (SSSR count). The van der Waals surface area contributed by atoms with Gasteiger partial charge in [-0.25, -0.2) is 0 Å². The zero-order valence-corrected chi connectivity index (χ0v) is 19.3. The molecule has 1 aliphatic carbocycles. The van der Waals surface area contributed by atoms with Gasteiger partial charge in [-0.15, -0.1) is 0 Å². The Hall–Kier alpha value is -2.56. The van der Waals surface area contributed by atoms with E-state index >= 15 is 0 Å². The van der Waals surface area contributed by atoms with Crippen molar-refractivity contribution in [2.45, 2.75) is 46.5 Å². The van der Waals surface area contributed by atoms with Gasteiger partial charge in [-0.3, -0.25) is 0 Å². The maximum atomic E-state index is 5.37. The summed E-state index contributed by atoms with van der Waals surface area (Å²) in [5.74, 6) is 2.60. The van der Waals surface area contributed by atoms with Crippen molar-refractivity contribution >= 4 is 11.9 Å². The molecular weight excluding hydrogens is 362 g/mol. The van der Waals surface area contributed by atoms with Crippen molar-refractivity contribution in [3.8, 4) is 0 Å². The first-order valence-electron chi connectivity index (χ1n) is 10.5. The first-order chi connectivity index (χ1) is 14.1. The number of methoxy groups -OCH3 is 2. The van der Waals surface area contributed by atoms with Gasteiger partial charge in [0.1, 0.15) is 11.6 Å². The molecule has 0 atom stereocenters. The number of anilines is 1. The largest absolute Gasteiger partial charge is 0.498 e. The van der Waals surface area contributed by atoms with Crippen LogP contribution in [0.5, 0.6) is 0 Å². The lowest BCUT2D eigenvalue weighted by atomic mass is 9.94. The number of ether oxygens (including phenoxy) is 2. The Labute approximate surface area is 177 Å². The van der Waals surface area contributed by atoms with Gasteiger partial charge in [-0.1, -0.05) is 32.6 Å². The Morgan fingerprint density at radius 3 is 2.45 bits per heavy atom. The maximum absolute atomic E-state index is 5.37. The van der Waals surface area contributed by atoms with Gasteiger partial charge in [0, 0.05) is 43.7 Å². The van der Waals surface area contributed by atoms with E-state index in [0.29, 0.717) is 12.3 Å². The molecule has 162 valence electrons. The van der Waals surface area contributed by atoms with Crippen LogP contribution in [0.25, 0.3) is 6.08 Å². The normalized spacial score (nSPS) is 14.4. The van der Waals surface area contributed by atoms with E-state index in [1.54, 1.807) is 20.3 Å². The molecule has 0 spiro atoms. The molecular formula is C24H39N3O2. The Morgan fingerprint density at radius 2 is 1.86 bits per heavy atom. The van der Waals surface area contributed by atoms with E-state index in [-0.39, 0.29) is 0 Å². The van der Waals surface area contributed by atoms with Gasteiger partial charge in [0.05, 0.1) is 14.2 Å². The van der Waals surface area contributed by atoms with Gasteiger partial charge in [0.15, 0.2) is 5.76 Å². The van der Waals surface area contributed by atoms with Crippen molar-refractivity contribution in [2.24, 2.45) is 7.05 Å². The van der Waals surface area contributed by atoms with Crippen molar-refractivity contribution in [2.75, 3.05) is 33.1 Å². The summed E-state index contributed by atoms with van der Waals surface area (Å²) in [6, 6.07) is 0. The average molecular weight is 402 g/mol. The van der Waals surface area contributed by atoms with Crippen molar-refractivity contribution in [3.63, 3.8) is 0 Å². The molecule has 0 saturated heterocycles. The summed E-state index contributed by atoms with van der Waals surface area (Å²) in [6.07, 6.45) is 12.9. The quantitative estimate of drug-likeness (QED) is 0.443. The van der Waals surface area contributed by atoms with Gasteiger partial charge in [-0.05, 0) is 44.2 Å². The van der Waals surface area contributed by atoms with Crippen molar-refractivity contribution in [3.05, 3.63) is 58.8 Å². The Bertz CT molecular complexity index is 755. The molecule has 1 aromatic rings. The van der Waals surface area contributed by atoms with Crippen LogP contribution < -0.4 is 10.6 Å². The number of nitrogens with zero attached hydrogens (tertiary/aromatic N) is 1. The van der Waals surface area contributed by atoms with E-state index < -0.39 is 0 Å². The van der Waals surface area contributed by atoms with Crippen molar-refractivity contribution in [1.82, 2.24) is 9.88 Å². The molecule has 0 unspecified atom stereocenters. The summed E-state index contributed by atoms with van der Waals surface area (Å²) < 4.78 is 12.9. The molecule has 0 bridgehead atoms. The van der Waals surface area contributed by atoms with E-state index in [0.717, 1.165) is 17.9 Å². The van der Waals surface area contributed by atoms with Crippen molar-refractivity contribution < 1.29 is 9.47 Å². The standard InChI is InChI=1S/C22H33N3O2.C2H6/c1-7-17(15-21(27-6)16(2)26-5)24-14-10-12-19-18-11-8-9-13-20(18)25(4)22(19)23-3;1-2/h7,10,12,15,23-24H,1,8-9,11,13-14H2,2-6H3;1-2H3/b12-10-,17-15+,21-16-;. The second-order valence-electron chi connectivity index (χ2n) is 6.62. The second-order valence-corrected chi connectivity index (χ2v) is 6.62. The predicted molar refractivity (Wildman–Crippen MR) is 125 cm³/mol. The predicted octanol–water partition coefficient (Wildman–Crippen LogP) is 5.17. The third-order valence-corrected chi connectivity index (χ3v) is 5.08. The summed E-state index contributed by atoms with van der Waals surface area (Å²) >= 11 is 0. The van der Waals surface area contributed by atoms with E-state index in [4.69, 9.17) is 9.47 Å². The second kappa shape index (κ2) is 12.8. The Balaban J connectivity index is 0.00000204. The molecule has 1 heterocycles. The molecule has 2 N–H and O–H groups in total. The molecule has 0 radical (unpaired) electrons. The molecule has 5 nitrogen and oxygen atoms in total. The topological polar surface area (TPSA) is 47.5 Å². The van der Waals surface area contributed by atoms with Crippen LogP contribution in [0.3, 0.4) is 0 Å². The fourth-order valence-corrected chi connectivity index (χ4v) is 3.57. The lowest BCUT2D eigenvalue weighted by molar-refractivity contribution is 0.232. The summed E-state index contributed by atoms with van der Waals surface area (Å²) in [7, 11) is 7.41. The van der Waals surface area contributed by atoms with Crippen LogP contribution in [-0.2, 0) is 29.4 Å². The van der Waals surface area contributed by atoms with Gasteiger partial charge in [0.25, 0.3) is 0 Å². The summed E-state index contributed by atoms with van der Waals surface area (Å²) in [5, 5.41) is 6.73. The number of rotatable bonds is 9. The smallest absolute Gasteiger partial charge is 0.158 e. The number of allylic oxidation sites excluding steroid dienone is 3. The number of nitrogens with one attached hydrogen (secondary N) is 2. The molecule has 0 amide bonds. The summed E-state index contributed by atoms with van der Waals surface area (Å²) in [6.45, 7) is 10.4. The first kappa shape index (κ1) is 24.5. The number of hydrogen-bond acceptors (Lipinski definition) is 4. The molecule has 5 heteroatoms. The van der Waals surface area contributed by atoms with E-state index in [1.807, 2.05) is 33.9 Å². The van der Waals surface area contributed by atoms with Gasteiger partial charge in [-0.2, -0.15) is 0 Å². The SMILES string of the molecule is C=C/C(=C\C(OC)=C(/C)OC)NC/C=C\c1c2c(n(C)c1NC)CCCC2.CC. The average Bonchev–Trinajstić information content (AvgIpc) is 3.05. The fraction of sp³-hybridized carbons (Fsp3) is 0.500. The highest BCUT2D eigenvalue weighted by molar-refractivity contribution is 5.70. The van der Waals surface area contributed by atoms with Crippen LogP contribution in [0.15, 0.2) is 42.0 Å². The lowest BCUT2D eigenvalue weighted by Gasteiger charge is -2.13. The minimum absolute atomic E-state index is 0.679. The minimum Gasteiger partial charge on any atom is -0.498 e. The number of hydrogen-bond donors (Lipinski definition) is 2. The third kappa shape index (κ3) is 6.21. The van der Waals surface area contributed by atoms with Gasteiger partial charge < -0.3 is 24.7 Å². The molecule has 0 saturated carbocycles. The first-order valence-corrected chi connectivity index (χ1v) is 10.5. The highest BCUT2D eigenvalue weighted by Crippen LogP contribution is 2.33. The van der Waals surface area contributed by atoms with Crippen LogP contribution in [0.2, 0.25) is 0 Å². The van der Waals surface area contributed by atoms with Crippen LogP contribution in [0.4, 0.5) is 5.82 Å². The fourth-order valence-electron chi connectivity index (χ4n) is 3.57. The summed E-state index contributed by atoms with van der Waals surface area (Å²) in [4.78, 5) is 0. The summed E-state index contributed by atoms with van der Waals surface area (Å²) in [5.41, 5.74) is 5.16. The van der Waals surface area contributed by atoms with E-state index in [1.165, 1.54) is 41.9 Å². The minimum atomic E-state index is 0.679. The Morgan fingerprint density at radius 1 is 1.17 bits per heavy atom. The van der Waals surface area contributed by atoms with Crippen molar-refractivity contribution in [1.29, 1.82) is 0 Å². The van der Waals surface area contributed by atoms with Crippen LogP contribution >= 0.6 is 0 Å². The van der Waals surface area contributed by atoms with Crippen LogP contribution in [-0.4, -0.2) is 32.4 Å². The Kier molecular flexibility index (Phi) is 10.8. The molecule has 0 aliphatic heterocycles. The number of fused-ring (bicyclic) bond motifs is 1. The maximum Gasteiger partial charge on any atom is 0.158 e. The molecule has 0 aromatic carbocycles. The molecule has 1 aliphatic rings. The molecule has 29 heavy (non-hydrogen) atoms. The number of aromatic nitrogens is 1. The highest BCUT2D eigenvalue weighted by atomic mass is 16.5. The molecule has 0 fully saturated rings. The monoisotopic (exact) mass is 401 g/mol. The van der Waals surface area contributed by atoms with Crippen LogP contribution in [0.1, 0.15) is 50.4 Å². The zero-order chi connectivity index (χ0) is 21.8. The lowest BCUT2D eigenvalue weighted by Crippen LogP contribution is -2.12. The third-order valence-electron chi connectivity index (χ3n) is 5.08. The van der Waals surface area contributed by atoms with E-state index in [2.05, 4.69) is 41.0 Å². The molecule has 1 aromatic heterocycles. The van der Waals surface area contributed by atoms with Crippen LogP contribution in [0, 0.1) is 0 Å². The van der Waals surface area contributed by atoms with E-state index in [9.17, 15) is 0 Å². The highest BCUT2D eigenvalue weighted by Gasteiger charge is 2.20.